The highest BCUT2D eigenvalue weighted by Crippen LogP contribution is 2.14. The summed E-state index contributed by atoms with van der Waals surface area (Å²) in [5, 5.41) is 2.66. The summed E-state index contributed by atoms with van der Waals surface area (Å²) in [7, 11) is 0. The Kier molecular flexibility index (Phi) is 4.76. The molecule has 21 heavy (non-hydrogen) atoms. The molecule has 0 spiro atoms. The molecule has 0 fully saturated rings. The Hall–Kier alpha value is -2.57. The molecule has 1 N–H and O–H groups in total. The predicted molar refractivity (Wildman–Crippen MR) is 71.0 cm³/mol. The van der Waals surface area contributed by atoms with Crippen molar-refractivity contribution in [3.05, 3.63) is 53.6 Å². The van der Waals surface area contributed by atoms with Gasteiger partial charge in [0.05, 0.1) is 11.9 Å². The third-order valence-electron chi connectivity index (χ3n) is 2.62. The average Bonchev–Trinajstić information content (AvgIpc) is 2.46. The highest BCUT2D eigenvalue weighted by atomic mass is 19.3. The molecule has 0 saturated heterocycles. The summed E-state index contributed by atoms with van der Waals surface area (Å²) in [6.45, 7) is -0.822. The van der Waals surface area contributed by atoms with E-state index in [1.54, 1.807) is 19.1 Å². The molecule has 0 aliphatic rings. The second kappa shape index (κ2) is 6.74. The highest BCUT2D eigenvalue weighted by Gasteiger charge is 2.07. The molecule has 2 aromatic rings. The van der Waals surface area contributed by atoms with Crippen molar-refractivity contribution in [1.29, 1.82) is 0 Å². The number of carbonyl (C=O) groups excluding carboxylic acids is 1. The number of hydrogen-bond donors (Lipinski definition) is 1. The van der Waals surface area contributed by atoms with E-state index in [0.717, 1.165) is 11.3 Å². The number of hydrogen-bond acceptors (Lipinski definition) is 4. The topological polar surface area (TPSA) is 64.1 Å². The van der Waals surface area contributed by atoms with E-state index < -0.39 is 6.61 Å². The lowest BCUT2D eigenvalue weighted by atomic mass is 10.2. The van der Waals surface area contributed by atoms with E-state index in [4.69, 9.17) is 0 Å². The Morgan fingerprint density at radius 2 is 1.95 bits per heavy atom. The second-order valence-corrected chi connectivity index (χ2v) is 4.25. The molecule has 0 radical (unpaired) electrons. The van der Waals surface area contributed by atoms with Crippen LogP contribution >= 0.6 is 0 Å². The van der Waals surface area contributed by atoms with Crippen LogP contribution in [0.2, 0.25) is 0 Å². The normalized spacial score (nSPS) is 10.5. The lowest BCUT2D eigenvalue weighted by Gasteiger charge is -2.07. The van der Waals surface area contributed by atoms with Crippen LogP contribution in [0.1, 0.15) is 21.7 Å². The molecular weight excluding hydrogens is 280 g/mol. The molecule has 0 saturated carbocycles. The predicted octanol–water partition coefficient (Wildman–Crippen LogP) is 2.32. The first kappa shape index (κ1) is 14.8. The Balaban J connectivity index is 1.90. The minimum Gasteiger partial charge on any atom is -0.435 e. The SMILES string of the molecule is Cc1cnc(C(=O)NCc2ccc(OC(F)F)cc2)cn1. The zero-order valence-corrected chi connectivity index (χ0v) is 11.2. The molecule has 0 aliphatic heterocycles. The second-order valence-electron chi connectivity index (χ2n) is 4.25. The Bertz CT molecular complexity index is 601. The van der Waals surface area contributed by atoms with Crippen LogP contribution in [-0.4, -0.2) is 22.5 Å². The molecule has 0 bridgehead atoms. The number of alkyl halides is 2. The van der Waals surface area contributed by atoms with Crippen LogP contribution in [0.15, 0.2) is 36.7 Å². The van der Waals surface area contributed by atoms with Crippen molar-refractivity contribution in [2.45, 2.75) is 20.1 Å². The number of nitrogens with zero attached hydrogens (tertiary/aromatic N) is 2. The van der Waals surface area contributed by atoms with Gasteiger partial charge in [0.2, 0.25) is 0 Å². The summed E-state index contributed by atoms with van der Waals surface area (Å²) in [5.41, 5.74) is 1.70. The number of carbonyl (C=O) groups is 1. The van der Waals surface area contributed by atoms with Crippen LogP contribution in [-0.2, 0) is 6.54 Å². The number of rotatable bonds is 5. The van der Waals surface area contributed by atoms with Crippen molar-refractivity contribution in [2.75, 3.05) is 0 Å². The lowest BCUT2D eigenvalue weighted by molar-refractivity contribution is -0.0498. The van der Waals surface area contributed by atoms with Crippen LogP contribution in [0.3, 0.4) is 0 Å². The number of ether oxygens (including phenoxy) is 1. The van der Waals surface area contributed by atoms with Crippen molar-refractivity contribution in [3.63, 3.8) is 0 Å². The number of nitrogens with one attached hydrogen (secondary N) is 1. The smallest absolute Gasteiger partial charge is 0.387 e. The fraction of sp³-hybridized carbons (Fsp3) is 0.214. The first-order valence-corrected chi connectivity index (χ1v) is 6.15. The average molecular weight is 293 g/mol. The van der Waals surface area contributed by atoms with Crippen molar-refractivity contribution in [2.24, 2.45) is 0 Å². The van der Waals surface area contributed by atoms with E-state index in [2.05, 4.69) is 20.0 Å². The van der Waals surface area contributed by atoms with E-state index >= 15 is 0 Å². The number of aromatic nitrogens is 2. The van der Waals surface area contributed by atoms with Gasteiger partial charge in [-0.05, 0) is 24.6 Å². The van der Waals surface area contributed by atoms with Crippen LogP contribution in [0, 0.1) is 6.92 Å². The van der Waals surface area contributed by atoms with Gasteiger partial charge in [0, 0.05) is 12.7 Å². The van der Waals surface area contributed by atoms with Crippen LogP contribution in [0.25, 0.3) is 0 Å². The molecule has 0 aliphatic carbocycles. The van der Waals surface area contributed by atoms with Gasteiger partial charge in [-0.2, -0.15) is 8.78 Å². The van der Waals surface area contributed by atoms with Crippen LogP contribution in [0.5, 0.6) is 5.75 Å². The maximum Gasteiger partial charge on any atom is 0.387 e. The minimum atomic E-state index is -2.85. The summed E-state index contributed by atoms with van der Waals surface area (Å²) < 4.78 is 28.2. The summed E-state index contributed by atoms with van der Waals surface area (Å²) in [6.07, 6.45) is 2.90. The number of halogens is 2. The van der Waals surface area contributed by atoms with Crippen LogP contribution in [0.4, 0.5) is 8.78 Å². The van der Waals surface area contributed by atoms with Crippen molar-refractivity contribution >= 4 is 5.91 Å². The van der Waals surface area contributed by atoms with Gasteiger partial charge < -0.3 is 10.1 Å². The molecular formula is C14H13F2N3O2. The molecule has 1 heterocycles. The first-order chi connectivity index (χ1) is 10.0. The van der Waals surface area contributed by atoms with Gasteiger partial charge in [0.1, 0.15) is 11.4 Å². The minimum absolute atomic E-state index is 0.0736. The van der Waals surface area contributed by atoms with E-state index in [1.807, 2.05) is 0 Å². The van der Waals surface area contributed by atoms with Gasteiger partial charge in [-0.15, -0.1) is 0 Å². The summed E-state index contributed by atoms with van der Waals surface area (Å²) >= 11 is 0. The Morgan fingerprint density at radius 3 is 2.52 bits per heavy atom. The molecule has 1 amide bonds. The van der Waals surface area contributed by atoms with Gasteiger partial charge in [-0.1, -0.05) is 12.1 Å². The quantitative estimate of drug-likeness (QED) is 0.919. The number of aryl methyl sites for hydroxylation is 1. The maximum absolute atomic E-state index is 12.0. The number of amides is 1. The zero-order valence-electron chi connectivity index (χ0n) is 11.2. The first-order valence-electron chi connectivity index (χ1n) is 6.15. The molecule has 1 aromatic carbocycles. The maximum atomic E-state index is 12.0. The van der Waals surface area contributed by atoms with Crippen LogP contribution < -0.4 is 10.1 Å². The Labute approximate surface area is 120 Å². The molecule has 7 heteroatoms. The molecule has 0 atom stereocenters. The third kappa shape index (κ3) is 4.48. The summed E-state index contributed by atoms with van der Waals surface area (Å²) in [6, 6.07) is 6.02. The van der Waals surface area contributed by atoms with E-state index in [-0.39, 0.29) is 23.9 Å². The van der Waals surface area contributed by atoms with Gasteiger partial charge in [-0.3, -0.25) is 9.78 Å². The van der Waals surface area contributed by atoms with E-state index in [0.29, 0.717) is 0 Å². The molecule has 110 valence electrons. The van der Waals surface area contributed by atoms with E-state index in [9.17, 15) is 13.6 Å². The van der Waals surface area contributed by atoms with Crippen molar-refractivity contribution in [3.8, 4) is 5.75 Å². The summed E-state index contributed by atoms with van der Waals surface area (Å²) in [4.78, 5) is 19.7. The van der Waals surface area contributed by atoms with Crippen molar-refractivity contribution in [1.82, 2.24) is 15.3 Å². The number of benzene rings is 1. The molecule has 2 rings (SSSR count). The van der Waals surface area contributed by atoms with Crippen molar-refractivity contribution < 1.29 is 18.3 Å². The van der Waals surface area contributed by atoms with Gasteiger partial charge in [-0.25, -0.2) is 4.98 Å². The largest absolute Gasteiger partial charge is 0.435 e. The molecule has 1 aromatic heterocycles. The van der Waals surface area contributed by atoms with E-state index in [1.165, 1.54) is 24.5 Å². The standard InChI is InChI=1S/C14H13F2N3O2/c1-9-6-18-12(8-17-9)13(20)19-7-10-2-4-11(5-3-10)21-14(15)16/h2-6,8,14H,7H2,1H3,(H,19,20). The summed E-state index contributed by atoms with van der Waals surface area (Å²) in [5.74, 6) is -0.278. The zero-order chi connectivity index (χ0) is 15.2. The molecule has 5 nitrogen and oxygen atoms in total. The fourth-order valence-electron chi connectivity index (χ4n) is 1.57. The molecule has 0 unspecified atom stereocenters. The third-order valence-corrected chi connectivity index (χ3v) is 2.62. The Morgan fingerprint density at radius 1 is 1.24 bits per heavy atom. The van der Waals surface area contributed by atoms with Gasteiger partial charge in [0.25, 0.3) is 5.91 Å². The fourth-order valence-corrected chi connectivity index (χ4v) is 1.57. The monoisotopic (exact) mass is 293 g/mol. The highest BCUT2D eigenvalue weighted by molar-refractivity contribution is 5.91. The van der Waals surface area contributed by atoms with Gasteiger partial charge >= 0.3 is 6.61 Å². The van der Waals surface area contributed by atoms with Gasteiger partial charge in [0.15, 0.2) is 0 Å². The lowest BCUT2D eigenvalue weighted by Crippen LogP contribution is -2.24.